The van der Waals surface area contributed by atoms with E-state index in [-0.39, 0.29) is 18.1 Å². The molecule has 0 bridgehead atoms. The van der Waals surface area contributed by atoms with Crippen LogP contribution >= 0.6 is 0 Å². The number of rotatable bonds is 6. The van der Waals surface area contributed by atoms with Crippen LogP contribution < -0.4 is 14.8 Å². The van der Waals surface area contributed by atoms with Crippen molar-refractivity contribution in [1.29, 1.82) is 0 Å². The van der Waals surface area contributed by atoms with Crippen LogP contribution in [-0.4, -0.2) is 57.2 Å². The van der Waals surface area contributed by atoms with E-state index in [1.807, 2.05) is 17.0 Å². The van der Waals surface area contributed by atoms with Gasteiger partial charge in [-0.15, -0.1) is 0 Å². The van der Waals surface area contributed by atoms with Crippen molar-refractivity contribution in [2.75, 3.05) is 33.9 Å². The number of fused-ring (bicyclic) bond motifs is 1. The zero-order valence-electron chi connectivity index (χ0n) is 16.2. The van der Waals surface area contributed by atoms with E-state index >= 15 is 0 Å². The molecule has 1 aromatic rings. The van der Waals surface area contributed by atoms with Crippen LogP contribution in [-0.2, 0) is 20.7 Å². The van der Waals surface area contributed by atoms with Crippen molar-refractivity contribution in [2.24, 2.45) is 5.92 Å². The lowest BCUT2D eigenvalue weighted by atomic mass is 9.83. The van der Waals surface area contributed by atoms with Crippen molar-refractivity contribution in [3.8, 4) is 11.5 Å². The summed E-state index contributed by atoms with van der Waals surface area (Å²) in [5.74, 6) is 1.93. The van der Waals surface area contributed by atoms with Crippen LogP contribution in [0.25, 0.3) is 0 Å². The Balaban J connectivity index is 1.85. The number of carbonyl (C=O) groups excluding carboxylic acids is 2. The minimum absolute atomic E-state index is 0.0195. The second kappa shape index (κ2) is 8.61. The molecule has 2 amide bonds. The molecule has 2 heterocycles. The van der Waals surface area contributed by atoms with Crippen molar-refractivity contribution < 1.29 is 23.8 Å². The fraction of sp³-hybridized carbons (Fsp3) is 0.600. The van der Waals surface area contributed by atoms with Crippen LogP contribution in [0.4, 0.5) is 0 Å². The normalized spacial score (nSPS) is 22.7. The van der Waals surface area contributed by atoms with E-state index in [1.165, 1.54) is 0 Å². The topological polar surface area (TPSA) is 77.1 Å². The number of methoxy groups -OCH3 is 2. The van der Waals surface area contributed by atoms with Crippen molar-refractivity contribution in [3.05, 3.63) is 23.3 Å². The molecular weight excluding hydrogens is 348 g/mol. The molecule has 0 spiro atoms. The Morgan fingerprint density at radius 3 is 2.63 bits per heavy atom. The monoisotopic (exact) mass is 376 g/mol. The highest BCUT2D eigenvalue weighted by Gasteiger charge is 2.36. The number of hydrogen-bond donors (Lipinski definition) is 1. The van der Waals surface area contributed by atoms with E-state index in [0.717, 1.165) is 49.2 Å². The zero-order valence-corrected chi connectivity index (χ0v) is 16.2. The van der Waals surface area contributed by atoms with Crippen molar-refractivity contribution >= 4 is 12.3 Å². The largest absolute Gasteiger partial charge is 0.493 e. The predicted octanol–water partition coefficient (Wildman–Crippen LogP) is 1.69. The summed E-state index contributed by atoms with van der Waals surface area (Å²) in [6.45, 7) is 3.55. The number of carbonyl (C=O) groups is 2. The number of likely N-dealkylation sites (tertiary alicyclic amines) is 1. The Morgan fingerprint density at radius 2 is 2.04 bits per heavy atom. The van der Waals surface area contributed by atoms with Crippen LogP contribution in [0.15, 0.2) is 12.1 Å². The molecule has 2 aliphatic heterocycles. The number of amides is 2. The van der Waals surface area contributed by atoms with Gasteiger partial charge in [-0.05, 0) is 30.4 Å². The molecule has 7 heteroatoms. The number of nitrogens with zero attached hydrogens (tertiary/aromatic N) is 1. The van der Waals surface area contributed by atoms with Gasteiger partial charge in [0, 0.05) is 38.5 Å². The SMILES string of the molecule is COc1ccc2c(c1OC)CC(C1CCN(C(C)=O)CC1)OC2CNC=O. The Labute approximate surface area is 160 Å². The molecule has 2 aliphatic rings. The van der Waals surface area contributed by atoms with E-state index in [0.29, 0.717) is 24.6 Å². The lowest BCUT2D eigenvalue weighted by Gasteiger charge is -2.40. The first-order valence-corrected chi connectivity index (χ1v) is 9.40. The van der Waals surface area contributed by atoms with Crippen LogP contribution in [0.1, 0.15) is 37.0 Å². The van der Waals surface area contributed by atoms with Crippen LogP contribution in [0, 0.1) is 5.92 Å². The van der Waals surface area contributed by atoms with Gasteiger partial charge in [0.15, 0.2) is 11.5 Å². The van der Waals surface area contributed by atoms with Crippen LogP contribution in [0.2, 0.25) is 0 Å². The van der Waals surface area contributed by atoms with Crippen LogP contribution in [0.5, 0.6) is 11.5 Å². The summed E-state index contributed by atoms with van der Waals surface area (Å²) in [6, 6.07) is 3.86. The number of piperidine rings is 1. The summed E-state index contributed by atoms with van der Waals surface area (Å²) in [5, 5.41) is 2.74. The maximum Gasteiger partial charge on any atom is 0.219 e. The minimum atomic E-state index is -0.227. The van der Waals surface area contributed by atoms with Gasteiger partial charge < -0.3 is 24.4 Å². The quantitative estimate of drug-likeness (QED) is 0.765. The molecular formula is C20H28N2O5. The number of ether oxygens (including phenoxy) is 3. The molecule has 1 saturated heterocycles. The molecule has 1 fully saturated rings. The van der Waals surface area contributed by atoms with Gasteiger partial charge in [0.05, 0.1) is 20.3 Å². The smallest absolute Gasteiger partial charge is 0.219 e. The fourth-order valence-electron chi connectivity index (χ4n) is 4.23. The molecule has 1 N–H and O–H groups in total. The summed E-state index contributed by atoms with van der Waals surface area (Å²) in [5.41, 5.74) is 2.11. The van der Waals surface area contributed by atoms with E-state index in [2.05, 4.69) is 5.32 Å². The Bertz CT molecular complexity index is 685. The first-order chi connectivity index (χ1) is 13.1. The fourth-order valence-corrected chi connectivity index (χ4v) is 4.23. The highest BCUT2D eigenvalue weighted by molar-refractivity contribution is 5.73. The first-order valence-electron chi connectivity index (χ1n) is 9.40. The third-order valence-electron chi connectivity index (χ3n) is 5.67. The third-order valence-corrected chi connectivity index (χ3v) is 5.67. The molecule has 1 aromatic carbocycles. The molecule has 0 saturated carbocycles. The average Bonchev–Trinajstić information content (AvgIpc) is 2.70. The van der Waals surface area contributed by atoms with Gasteiger partial charge in [-0.3, -0.25) is 9.59 Å². The highest BCUT2D eigenvalue weighted by Crippen LogP contribution is 2.43. The van der Waals surface area contributed by atoms with Crippen molar-refractivity contribution in [2.45, 2.75) is 38.4 Å². The molecule has 2 atom stereocenters. The molecule has 27 heavy (non-hydrogen) atoms. The molecule has 0 aromatic heterocycles. The molecule has 148 valence electrons. The van der Waals surface area contributed by atoms with E-state index < -0.39 is 0 Å². The third kappa shape index (κ3) is 4.03. The second-order valence-electron chi connectivity index (χ2n) is 7.11. The number of hydrogen-bond acceptors (Lipinski definition) is 5. The highest BCUT2D eigenvalue weighted by atomic mass is 16.5. The summed E-state index contributed by atoms with van der Waals surface area (Å²) < 4.78 is 17.5. The summed E-state index contributed by atoms with van der Waals surface area (Å²) in [7, 11) is 3.27. The maximum atomic E-state index is 11.6. The average molecular weight is 376 g/mol. The van der Waals surface area contributed by atoms with E-state index in [1.54, 1.807) is 21.1 Å². The van der Waals surface area contributed by atoms with Gasteiger partial charge >= 0.3 is 0 Å². The Kier molecular flexibility index (Phi) is 6.21. The predicted molar refractivity (Wildman–Crippen MR) is 99.9 cm³/mol. The molecule has 2 unspecified atom stereocenters. The maximum absolute atomic E-state index is 11.6. The van der Waals surface area contributed by atoms with Gasteiger partial charge in [0.1, 0.15) is 6.10 Å². The summed E-state index contributed by atoms with van der Waals surface area (Å²) in [6.07, 6.45) is 3.05. The second-order valence-corrected chi connectivity index (χ2v) is 7.11. The molecule has 7 nitrogen and oxygen atoms in total. The van der Waals surface area contributed by atoms with Gasteiger partial charge in [-0.2, -0.15) is 0 Å². The van der Waals surface area contributed by atoms with Gasteiger partial charge in [0.2, 0.25) is 12.3 Å². The van der Waals surface area contributed by atoms with Crippen molar-refractivity contribution in [1.82, 2.24) is 10.2 Å². The van der Waals surface area contributed by atoms with Gasteiger partial charge in [-0.25, -0.2) is 0 Å². The molecule has 0 aliphatic carbocycles. The lowest BCUT2D eigenvalue weighted by Crippen LogP contribution is -2.43. The molecule has 0 radical (unpaired) electrons. The van der Waals surface area contributed by atoms with E-state index in [4.69, 9.17) is 14.2 Å². The summed E-state index contributed by atoms with van der Waals surface area (Å²) in [4.78, 5) is 24.3. The Morgan fingerprint density at radius 1 is 1.30 bits per heavy atom. The van der Waals surface area contributed by atoms with Gasteiger partial charge in [0.25, 0.3) is 0 Å². The number of nitrogens with one attached hydrogen (secondary N) is 1. The van der Waals surface area contributed by atoms with Gasteiger partial charge in [-0.1, -0.05) is 6.07 Å². The van der Waals surface area contributed by atoms with E-state index in [9.17, 15) is 9.59 Å². The first kappa shape index (κ1) is 19.5. The van der Waals surface area contributed by atoms with Crippen molar-refractivity contribution in [3.63, 3.8) is 0 Å². The zero-order chi connectivity index (χ0) is 19.4. The lowest BCUT2D eigenvalue weighted by molar-refractivity contribution is -0.132. The standard InChI is InChI=1S/C20H28N2O5/c1-13(24)22-8-6-14(7-9-22)18-10-16-15(19(27-18)11-21-12-23)4-5-17(25-2)20(16)26-3/h4-5,12,14,18-19H,6-11H2,1-3H3,(H,21,23). The molecule has 3 rings (SSSR count). The summed E-state index contributed by atoms with van der Waals surface area (Å²) >= 11 is 0. The minimum Gasteiger partial charge on any atom is -0.493 e. The van der Waals surface area contributed by atoms with Crippen LogP contribution in [0.3, 0.4) is 0 Å². The number of benzene rings is 1. The Hall–Kier alpha value is -2.28.